The number of ketones is 1. The number of anilines is 1. The summed E-state index contributed by atoms with van der Waals surface area (Å²) in [5.41, 5.74) is -0.131. The molecule has 1 atom stereocenters. The van der Waals surface area contributed by atoms with Crippen molar-refractivity contribution in [3.63, 3.8) is 0 Å². The lowest BCUT2D eigenvalue weighted by Crippen LogP contribution is -2.48. The third-order valence-electron chi connectivity index (χ3n) is 3.75. The van der Waals surface area contributed by atoms with Gasteiger partial charge in [-0.05, 0) is 23.6 Å². The number of thiophene rings is 1. The number of aliphatic hydroxyl groups is 1. The number of hydrogen-bond donors (Lipinski definition) is 1. The topological polar surface area (TPSA) is 65.8 Å². The molecule has 5 nitrogen and oxygen atoms in total. The standard InChI is InChI=1S/C14H11N3O2S/c18-11-10-3-7-20-12(10)16-13-14(11,19)4-6-17(13)9-2-1-5-15-8-9/h1-3,5,7-8,19H,4,6H2. The molecule has 2 aliphatic rings. The molecule has 2 aromatic heterocycles. The van der Waals surface area contributed by atoms with Gasteiger partial charge in [-0.2, -0.15) is 0 Å². The summed E-state index contributed by atoms with van der Waals surface area (Å²) < 4.78 is 0. The Balaban J connectivity index is 1.87. The average Bonchev–Trinajstić information content (AvgIpc) is 3.06. The molecular weight excluding hydrogens is 274 g/mol. The van der Waals surface area contributed by atoms with E-state index in [1.807, 2.05) is 22.4 Å². The maximum absolute atomic E-state index is 12.5. The molecule has 0 aliphatic carbocycles. The van der Waals surface area contributed by atoms with Crippen molar-refractivity contribution in [2.75, 3.05) is 11.4 Å². The molecule has 100 valence electrons. The predicted octanol–water partition coefficient (Wildman–Crippen LogP) is 2.01. The van der Waals surface area contributed by atoms with Crippen LogP contribution in [0.15, 0.2) is 41.0 Å². The molecule has 4 heterocycles. The molecule has 2 aliphatic heterocycles. The van der Waals surface area contributed by atoms with Crippen molar-refractivity contribution < 1.29 is 9.90 Å². The number of aliphatic imine (C=N–C) groups is 1. The first-order valence-corrected chi connectivity index (χ1v) is 7.19. The van der Waals surface area contributed by atoms with Gasteiger partial charge in [-0.15, -0.1) is 11.3 Å². The summed E-state index contributed by atoms with van der Waals surface area (Å²) in [4.78, 5) is 23.0. The molecule has 1 fully saturated rings. The summed E-state index contributed by atoms with van der Waals surface area (Å²) in [5, 5.41) is 13.2. The highest BCUT2D eigenvalue weighted by Crippen LogP contribution is 2.41. The van der Waals surface area contributed by atoms with E-state index in [-0.39, 0.29) is 5.78 Å². The van der Waals surface area contributed by atoms with E-state index < -0.39 is 5.60 Å². The van der Waals surface area contributed by atoms with Crippen LogP contribution in [-0.4, -0.2) is 33.9 Å². The Morgan fingerprint density at radius 3 is 3.10 bits per heavy atom. The highest BCUT2D eigenvalue weighted by Gasteiger charge is 2.52. The van der Waals surface area contributed by atoms with Crippen LogP contribution >= 0.6 is 11.3 Å². The average molecular weight is 285 g/mol. The molecule has 2 aromatic rings. The minimum atomic E-state index is -1.50. The Labute approximate surface area is 119 Å². The maximum atomic E-state index is 12.5. The van der Waals surface area contributed by atoms with E-state index in [1.54, 1.807) is 18.5 Å². The fourth-order valence-corrected chi connectivity index (χ4v) is 3.49. The zero-order valence-electron chi connectivity index (χ0n) is 10.5. The normalized spacial score (nSPS) is 24.4. The second kappa shape index (κ2) is 3.97. The third kappa shape index (κ3) is 1.43. The van der Waals surface area contributed by atoms with Crippen molar-refractivity contribution in [3.05, 3.63) is 41.5 Å². The molecule has 1 N–H and O–H groups in total. The largest absolute Gasteiger partial charge is 0.374 e. The number of fused-ring (bicyclic) bond motifs is 2. The van der Waals surface area contributed by atoms with Crippen LogP contribution < -0.4 is 4.90 Å². The summed E-state index contributed by atoms with van der Waals surface area (Å²) in [5.74, 6) is 0.176. The van der Waals surface area contributed by atoms with Gasteiger partial charge in [0, 0.05) is 19.2 Å². The van der Waals surface area contributed by atoms with Crippen molar-refractivity contribution in [1.82, 2.24) is 4.98 Å². The van der Waals surface area contributed by atoms with Crippen LogP contribution in [0.4, 0.5) is 10.7 Å². The third-order valence-corrected chi connectivity index (χ3v) is 4.56. The lowest BCUT2D eigenvalue weighted by Gasteiger charge is -2.28. The Kier molecular flexibility index (Phi) is 2.33. The van der Waals surface area contributed by atoms with Gasteiger partial charge in [0.05, 0.1) is 17.4 Å². The first-order valence-electron chi connectivity index (χ1n) is 6.31. The summed E-state index contributed by atoms with van der Waals surface area (Å²) in [6.45, 7) is 0.557. The van der Waals surface area contributed by atoms with E-state index in [0.29, 0.717) is 29.4 Å². The van der Waals surface area contributed by atoms with Crippen molar-refractivity contribution in [2.24, 2.45) is 4.99 Å². The number of nitrogens with zero attached hydrogens (tertiary/aromatic N) is 3. The number of pyridine rings is 1. The molecule has 4 rings (SSSR count). The summed E-state index contributed by atoms with van der Waals surface area (Å²) in [7, 11) is 0. The molecule has 0 aromatic carbocycles. The molecule has 0 radical (unpaired) electrons. The van der Waals surface area contributed by atoms with Crippen LogP contribution in [0.5, 0.6) is 0 Å². The van der Waals surface area contributed by atoms with Crippen LogP contribution in [0.1, 0.15) is 16.8 Å². The molecule has 1 unspecified atom stereocenters. The van der Waals surface area contributed by atoms with Gasteiger partial charge in [0.25, 0.3) is 0 Å². The Morgan fingerprint density at radius 2 is 2.30 bits per heavy atom. The fourth-order valence-electron chi connectivity index (χ4n) is 2.73. The molecule has 0 amide bonds. The van der Waals surface area contributed by atoms with E-state index in [0.717, 1.165) is 5.69 Å². The summed E-state index contributed by atoms with van der Waals surface area (Å²) >= 11 is 1.41. The minimum absolute atomic E-state index is 0.245. The number of hydrogen-bond acceptors (Lipinski definition) is 6. The van der Waals surface area contributed by atoms with Crippen molar-refractivity contribution in [1.29, 1.82) is 0 Å². The van der Waals surface area contributed by atoms with Crippen molar-refractivity contribution in [3.8, 4) is 0 Å². The highest BCUT2D eigenvalue weighted by atomic mass is 32.1. The Morgan fingerprint density at radius 1 is 1.40 bits per heavy atom. The SMILES string of the molecule is O=C1c2ccsc2N=C2N(c3cccnc3)CCC12O. The highest BCUT2D eigenvalue weighted by molar-refractivity contribution is 7.14. The summed E-state index contributed by atoms with van der Waals surface area (Å²) in [6, 6.07) is 5.46. The van der Waals surface area contributed by atoms with E-state index in [9.17, 15) is 9.90 Å². The number of rotatable bonds is 1. The smallest absolute Gasteiger partial charge is 0.205 e. The van der Waals surface area contributed by atoms with Crippen molar-refractivity contribution in [2.45, 2.75) is 12.0 Å². The number of Topliss-reactive ketones (excluding diaryl/α,β-unsaturated/α-hetero) is 1. The predicted molar refractivity (Wildman–Crippen MR) is 76.9 cm³/mol. The number of aromatic nitrogens is 1. The zero-order chi connectivity index (χ0) is 13.7. The lowest BCUT2D eigenvalue weighted by atomic mass is 9.90. The van der Waals surface area contributed by atoms with Gasteiger partial charge in [0.15, 0.2) is 11.4 Å². The quantitative estimate of drug-likeness (QED) is 0.870. The van der Waals surface area contributed by atoms with Crippen molar-refractivity contribution >= 4 is 33.6 Å². The fraction of sp³-hybridized carbons (Fsp3) is 0.214. The molecule has 6 heteroatoms. The van der Waals surface area contributed by atoms with Gasteiger partial charge in [0.1, 0.15) is 5.00 Å². The van der Waals surface area contributed by atoms with Crippen LogP contribution in [0, 0.1) is 0 Å². The van der Waals surface area contributed by atoms with Gasteiger partial charge in [-0.25, -0.2) is 4.99 Å². The second-order valence-corrected chi connectivity index (χ2v) is 5.77. The molecule has 0 bridgehead atoms. The van der Waals surface area contributed by atoms with E-state index in [4.69, 9.17) is 0 Å². The molecule has 0 saturated carbocycles. The second-order valence-electron chi connectivity index (χ2n) is 4.88. The van der Waals surface area contributed by atoms with Crippen LogP contribution in [0.25, 0.3) is 0 Å². The molecule has 1 saturated heterocycles. The van der Waals surface area contributed by atoms with Gasteiger partial charge in [0.2, 0.25) is 5.78 Å². The van der Waals surface area contributed by atoms with Crippen LogP contribution in [-0.2, 0) is 0 Å². The van der Waals surface area contributed by atoms with E-state index in [1.165, 1.54) is 11.3 Å². The zero-order valence-corrected chi connectivity index (χ0v) is 11.3. The lowest BCUT2D eigenvalue weighted by molar-refractivity contribution is 0.0603. The van der Waals surface area contributed by atoms with Gasteiger partial charge >= 0.3 is 0 Å². The van der Waals surface area contributed by atoms with Gasteiger partial charge < -0.3 is 10.0 Å². The Hall–Kier alpha value is -2.05. The van der Waals surface area contributed by atoms with Crippen LogP contribution in [0.2, 0.25) is 0 Å². The first-order chi connectivity index (χ1) is 9.70. The van der Waals surface area contributed by atoms with E-state index in [2.05, 4.69) is 9.98 Å². The monoisotopic (exact) mass is 285 g/mol. The number of amidine groups is 1. The molecule has 0 spiro atoms. The number of carbonyl (C=O) groups excluding carboxylic acids is 1. The Bertz CT molecular complexity index is 725. The van der Waals surface area contributed by atoms with E-state index >= 15 is 0 Å². The first kappa shape index (κ1) is 11.7. The molecule has 20 heavy (non-hydrogen) atoms. The van der Waals surface area contributed by atoms with Crippen LogP contribution in [0.3, 0.4) is 0 Å². The maximum Gasteiger partial charge on any atom is 0.205 e. The van der Waals surface area contributed by atoms with Gasteiger partial charge in [-0.3, -0.25) is 9.78 Å². The molecular formula is C14H11N3O2S. The number of carbonyl (C=O) groups is 1. The minimum Gasteiger partial charge on any atom is -0.374 e. The summed E-state index contributed by atoms with van der Waals surface area (Å²) in [6.07, 6.45) is 3.76. The van der Waals surface area contributed by atoms with Gasteiger partial charge in [-0.1, -0.05) is 0 Å².